The Kier molecular flexibility index (Phi) is 8.37. The van der Waals surface area contributed by atoms with Crippen LogP contribution in [-0.4, -0.2) is 65.7 Å². The summed E-state index contributed by atoms with van der Waals surface area (Å²) in [6.07, 6.45) is -0.926. The van der Waals surface area contributed by atoms with E-state index < -0.39 is 6.39 Å². The lowest BCUT2D eigenvalue weighted by Crippen LogP contribution is -2.43. The van der Waals surface area contributed by atoms with Gasteiger partial charge in [-0.1, -0.05) is 78.9 Å². The fourth-order valence-corrected chi connectivity index (χ4v) is 4.33. The number of hydrogen-bond acceptors (Lipinski definition) is 4. The number of halogens is 1. The molecule has 0 bridgehead atoms. The van der Waals surface area contributed by atoms with Crippen molar-refractivity contribution in [1.82, 2.24) is 15.0 Å². The van der Waals surface area contributed by atoms with Crippen LogP contribution in [0.5, 0.6) is 0 Å². The Labute approximate surface area is 239 Å². The number of aromatic nitrogens is 3. The minimum absolute atomic E-state index is 0.155. The monoisotopic (exact) mass is 510 g/mol. The molecule has 9 radical (unpaired) electrons. The Morgan fingerprint density at radius 3 is 1.90 bits per heavy atom. The molecule has 0 aliphatic rings. The predicted octanol–water partition coefficient (Wildman–Crippen LogP) is 4.76. The number of para-hydroxylation sites is 1. The Balaban J connectivity index is 0.000000392. The van der Waals surface area contributed by atoms with E-state index in [1.54, 1.807) is 0 Å². The third-order valence-electron chi connectivity index (χ3n) is 6.16. The van der Waals surface area contributed by atoms with Gasteiger partial charge in [-0.05, 0) is 35.4 Å². The van der Waals surface area contributed by atoms with Crippen molar-refractivity contribution in [2.24, 2.45) is 0 Å². The van der Waals surface area contributed by atoms with Crippen molar-refractivity contribution in [1.29, 1.82) is 0 Å². The Morgan fingerprint density at radius 2 is 1.26 bits per heavy atom. The van der Waals surface area contributed by atoms with Crippen LogP contribution < -0.4 is 0 Å². The van der Waals surface area contributed by atoms with Gasteiger partial charge in [0.05, 0.1) is 0 Å². The quantitative estimate of drug-likeness (QED) is 0.315. The largest absolute Gasteiger partial charge is 0.455 e. The van der Waals surface area contributed by atoms with Crippen molar-refractivity contribution >= 4 is 84.3 Å². The molecule has 12 heteroatoms. The molecule has 0 unspecified atom stereocenters. The molecule has 0 spiro atoms. The third kappa shape index (κ3) is 5.89. The number of furan rings is 1. The average molecular weight is 510 g/mol. The zero-order chi connectivity index (χ0) is 27.4. The van der Waals surface area contributed by atoms with E-state index in [0.29, 0.717) is 11.6 Å². The van der Waals surface area contributed by atoms with Crippen LogP contribution in [0.2, 0.25) is 5.28 Å². The molecular weight excluding hydrogens is 493 g/mol. The maximum absolute atomic E-state index is 6.34. The summed E-state index contributed by atoms with van der Waals surface area (Å²) in [5.74, 6) is 1.05. The molecule has 0 saturated heterocycles. The van der Waals surface area contributed by atoms with Gasteiger partial charge in [0.15, 0.2) is 11.6 Å². The maximum Gasteiger partial charge on any atom is 0.226 e. The van der Waals surface area contributed by atoms with Gasteiger partial charge in [0, 0.05) is 78.2 Å². The highest BCUT2D eigenvalue weighted by Crippen LogP contribution is 2.41. The van der Waals surface area contributed by atoms with E-state index in [4.69, 9.17) is 52.0 Å². The van der Waals surface area contributed by atoms with Crippen LogP contribution in [-0.2, 0) is 0 Å². The van der Waals surface area contributed by atoms with E-state index in [2.05, 4.69) is 34.2 Å². The van der Waals surface area contributed by atoms with Crippen molar-refractivity contribution in [3.63, 3.8) is 0 Å². The van der Waals surface area contributed by atoms with E-state index >= 15 is 0 Å². The smallest absolute Gasteiger partial charge is 0.226 e. The third-order valence-corrected chi connectivity index (χ3v) is 6.33. The lowest BCUT2D eigenvalue weighted by Gasteiger charge is -2.09. The highest BCUT2D eigenvalue weighted by atomic mass is 35.5. The summed E-state index contributed by atoms with van der Waals surface area (Å²) in [6.45, 7) is 0. The molecule has 39 heavy (non-hydrogen) atoms. The average Bonchev–Trinajstić information content (AvgIpc) is 3.37. The van der Waals surface area contributed by atoms with Gasteiger partial charge < -0.3 is 4.42 Å². The molecule has 4 nitrogen and oxygen atoms in total. The van der Waals surface area contributed by atoms with Crippen molar-refractivity contribution < 1.29 is 4.42 Å². The summed E-state index contributed by atoms with van der Waals surface area (Å²) >= 11 is 6.33. The minimum Gasteiger partial charge on any atom is -0.455 e. The lowest BCUT2D eigenvalue weighted by molar-refractivity contribution is 0.670. The zero-order valence-corrected chi connectivity index (χ0v) is 21.7. The van der Waals surface area contributed by atoms with Crippen molar-refractivity contribution in [2.45, 2.75) is 0 Å². The van der Waals surface area contributed by atoms with Crippen molar-refractivity contribution in [2.75, 3.05) is 0 Å². The fourth-order valence-electron chi connectivity index (χ4n) is 4.17. The molecular formula is C27H16B7ClN3O. The molecule has 0 aliphatic carbocycles. The summed E-state index contributed by atoms with van der Waals surface area (Å²) < 4.78 is 6.34. The second-order valence-corrected chi connectivity index (χ2v) is 9.13. The van der Waals surface area contributed by atoms with Gasteiger partial charge in [-0.3, -0.25) is 0 Å². The molecule has 173 valence electrons. The number of hydrogen-bond donors (Lipinski definition) is 0. The molecule has 2 aromatic heterocycles. The summed E-state index contributed by atoms with van der Waals surface area (Å²) in [5.41, 5.74) is 5.45. The molecule has 4 aromatic carbocycles. The predicted molar refractivity (Wildman–Crippen MR) is 169 cm³/mol. The topological polar surface area (TPSA) is 51.8 Å². The second kappa shape index (κ2) is 12.1. The summed E-state index contributed by atoms with van der Waals surface area (Å²) in [7, 11) is 21.6. The van der Waals surface area contributed by atoms with E-state index in [0.717, 1.165) is 44.2 Å². The van der Waals surface area contributed by atoms with Crippen LogP contribution in [0.25, 0.3) is 55.8 Å². The molecule has 0 saturated carbocycles. The fraction of sp³-hybridized carbons (Fsp3) is 0. The molecule has 0 fully saturated rings. The van der Waals surface area contributed by atoms with Crippen molar-refractivity contribution in [3.05, 3.63) is 102 Å². The molecule has 6 rings (SSSR count). The minimum atomic E-state index is -0.537. The van der Waals surface area contributed by atoms with Crippen LogP contribution in [0.4, 0.5) is 0 Å². The normalized spacial score (nSPS) is 10.6. The first kappa shape index (κ1) is 27.0. The Morgan fingerprint density at radius 1 is 0.667 bits per heavy atom. The van der Waals surface area contributed by atoms with Crippen LogP contribution in [0.3, 0.4) is 0 Å². The molecule has 6 aromatic rings. The molecule has 0 amide bonds. The van der Waals surface area contributed by atoms with Crippen LogP contribution in [0, 0.1) is 0 Å². The first-order chi connectivity index (χ1) is 19.0. The standard InChI is InChI=1S/C27H16ClN3O.B7/c28-27-30-25(18-11-5-2-6-12-18)29-26(31-27)21-16-15-19(17-9-3-1-4-10-17)24-23(21)20-13-7-8-14-22(20)32-24;1-5-7(4)6(2)3/h1-16H;. The SMILES string of the molecule is Clc1nc(-c2ccccc2)nc(-c2ccc(-c3ccccc3)c3oc4ccccc4c23)n1.[B][B]B([B])B([B])[B]. The number of benzene rings is 4. The van der Waals surface area contributed by atoms with Gasteiger partial charge in [0.25, 0.3) is 0 Å². The van der Waals surface area contributed by atoms with Crippen LogP contribution >= 0.6 is 11.6 Å². The van der Waals surface area contributed by atoms with Crippen LogP contribution in [0.1, 0.15) is 0 Å². The van der Waals surface area contributed by atoms with Gasteiger partial charge in [0.1, 0.15) is 11.2 Å². The lowest BCUT2D eigenvalue weighted by atomic mass is 8.76. The first-order valence-corrected chi connectivity index (χ1v) is 12.6. The van der Waals surface area contributed by atoms with E-state index in [-0.39, 0.29) is 11.7 Å². The first-order valence-electron chi connectivity index (χ1n) is 12.2. The summed E-state index contributed by atoms with van der Waals surface area (Å²) in [4.78, 5) is 13.6. The summed E-state index contributed by atoms with van der Waals surface area (Å²) in [5, 5.41) is 2.12. The zero-order valence-electron chi connectivity index (χ0n) is 20.9. The highest BCUT2D eigenvalue weighted by molar-refractivity contribution is 7.81. The molecule has 2 heterocycles. The number of nitrogens with zero attached hydrogens (tertiary/aromatic N) is 3. The van der Waals surface area contributed by atoms with Gasteiger partial charge in [0.2, 0.25) is 5.28 Å². The van der Waals surface area contributed by atoms with E-state index in [1.807, 2.05) is 72.8 Å². The Bertz CT molecular complexity index is 1720. The molecule has 0 N–H and O–H groups in total. The molecule has 0 aliphatic heterocycles. The maximum atomic E-state index is 6.34. The summed E-state index contributed by atoms with van der Waals surface area (Å²) in [6, 6.07) is 32.1. The highest BCUT2D eigenvalue weighted by Gasteiger charge is 2.19. The van der Waals surface area contributed by atoms with Gasteiger partial charge >= 0.3 is 0 Å². The van der Waals surface area contributed by atoms with Crippen LogP contribution in [0.15, 0.2) is 101 Å². The van der Waals surface area contributed by atoms with Gasteiger partial charge in [-0.25, -0.2) is 4.98 Å². The molecule has 0 atom stereocenters. The van der Waals surface area contributed by atoms with Crippen molar-refractivity contribution in [3.8, 4) is 33.9 Å². The Hall–Kier alpha value is -3.57. The van der Waals surface area contributed by atoms with E-state index in [1.165, 1.54) is 7.06 Å². The second-order valence-electron chi connectivity index (χ2n) is 8.79. The van der Waals surface area contributed by atoms with Gasteiger partial charge in [-0.2, -0.15) is 9.97 Å². The van der Waals surface area contributed by atoms with E-state index in [9.17, 15) is 0 Å². The number of rotatable bonds is 5. The number of fused-ring (bicyclic) bond motifs is 3. The van der Waals surface area contributed by atoms with Gasteiger partial charge in [-0.15, -0.1) is 0 Å².